The van der Waals surface area contributed by atoms with Crippen molar-refractivity contribution in [2.75, 3.05) is 18.0 Å². The first-order valence-electron chi connectivity index (χ1n) is 8.73. The van der Waals surface area contributed by atoms with Gasteiger partial charge in [-0.2, -0.15) is 0 Å². The lowest BCUT2D eigenvalue weighted by Crippen LogP contribution is -2.35. The number of piperidine rings is 1. The molecule has 0 amide bonds. The van der Waals surface area contributed by atoms with Crippen LogP contribution in [0.25, 0.3) is 17.1 Å². The summed E-state index contributed by atoms with van der Waals surface area (Å²) in [7, 11) is 0. The largest absolute Gasteiger partial charge is 0.340 e. The minimum atomic E-state index is -0.381. The van der Waals surface area contributed by atoms with Gasteiger partial charge in [0.05, 0.1) is 11.9 Å². The van der Waals surface area contributed by atoms with Crippen LogP contribution in [0.2, 0.25) is 0 Å². The predicted molar refractivity (Wildman–Crippen MR) is 105 cm³/mol. The maximum atomic E-state index is 14.2. The Morgan fingerprint density at radius 1 is 1.26 bits per heavy atom. The van der Waals surface area contributed by atoms with E-state index in [4.69, 9.17) is 0 Å². The number of nitrogens with zero attached hydrogens (tertiary/aromatic N) is 6. The van der Waals surface area contributed by atoms with Crippen LogP contribution in [0.5, 0.6) is 0 Å². The van der Waals surface area contributed by atoms with Gasteiger partial charge in [0.2, 0.25) is 5.95 Å². The van der Waals surface area contributed by atoms with Crippen molar-refractivity contribution in [3.63, 3.8) is 0 Å². The van der Waals surface area contributed by atoms with E-state index in [1.165, 1.54) is 10.7 Å². The fraction of sp³-hybridized carbons (Fsp3) is 0.263. The maximum Gasteiger partial charge on any atom is 0.225 e. The van der Waals surface area contributed by atoms with Gasteiger partial charge >= 0.3 is 0 Å². The van der Waals surface area contributed by atoms with Gasteiger partial charge in [-0.3, -0.25) is 0 Å². The molecule has 1 saturated heterocycles. The van der Waals surface area contributed by atoms with Gasteiger partial charge < -0.3 is 4.90 Å². The number of benzene rings is 1. The smallest absolute Gasteiger partial charge is 0.225 e. The van der Waals surface area contributed by atoms with Gasteiger partial charge in [0.25, 0.3) is 0 Å². The van der Waals surface area contributed by atoms with Gasteiger partial charge in [0.15, 0.2) is 0 Å². The molecule has 1 aliphatic rings. The molecule has 3 heterocycles. The molecule has 138 valence electrons. The summed E-state index contributed by atoms with van der Waals surface area (Å²) >= 11 is 3.25. The first-order chi connectivity index (χ1) is 13.1. The van der Waals surface area contributed by atoms with Crippen LogP contribution in [-0.2, 0) is 0 Å². The molecule has 0 N–H and O–H groups in total. The van der Waals surface area contributed by atoms with Crippen LogP contribution >= 0.6 is 15.9 Å². The Balaban J connectivity index is 1.61. The fourth-order valence-electron chi connectivity index (χ4n) is 3.19. The van der Waals surface area contributed by atoms with Gasteiger partial charge in [-0.05, 0) is 43.0 Å². The minimum Gasteiger partial charge on any atom is -0.340 e. The van der Waals surface area contributed by atoms with Crippen molar-refractivity contribution in [2.45, 2.75) is 12.8 Å². The van der Waals surface area contributed by atoms with Crippen LogP contribution in [0.3, 0.4) is 0 Å². The summed E-state index contributed by atoms with van der Waals surface area (Å²) in [4.78, 5) is 11.2. The zero-order chi connectivity index (χ0) is 18.8. The predicted octanol–water partition coefficient (Wildman–Crippen LogP) is 4.03. The molecule has 4 rings (SSSR count). The average molecular weight is 429 g/mol. The van der Waals surface area contributed by atoms with Crippen LogP contribution in [0.4, 0.5) is 10.3 Å². The zero-order valence-corrected chi connectivity index (χ0v) is 16.2. The highest BCUT2D eigenvalue weighted by molar-refractivity contribution is 9.10. The number of rotatable bonds is 4. The normalized spacial score (nSPS) is 17.1. The third-order valence-electron chi connectivity index (χ3n) is 4.63. The molecule has 1 unspecified atom stereocenters. The van der Waals surface area contributed by atoms with Crippen LogP contribution in [0, 0.1) is 11.7 Å². The van der Waals surface area contributed by atoms with Crippen molar-refractivity contribution < 1.29 is 4.39 Å². The molecule has 1 aliphatic heterocycles. The van der Waals surface area contributed by atoms with Gasteiger partial charge in [0.1, 0.15) is 17.2 Å². The maximum absolute atomic E-state index is 14.2. The molecule has 2 aromatic heterocycles. The number of aromatic nitrogens is 5. The quantitative estimate of drug-likeness (QED) is 0.587. The summed E-state index contributed by atoms with van der Waals surface area (Å²) in [6.07, 6.45) is 7.61. The standard InChI is InChI=1S/C19H18BrFN6/c1-2-13-4-3-9-26(11-13)19-22-8-7-16(23-19)17-12-27(25-24-17)18-6-5-14(20)10-15(18)21/h2,5-8,10,12-13H,1,3-4,9,11H2. The van der Waals surface area contributed by atoms with Crippen molar-refractivity contribution in [3.05, 3.63) is 59.6 Å². The van der Waals surface area contributed by atoms with E-state index in [2.05, 4.69) is 47.7 Å². The lowest BCUT2D eigenvalue weighted by Gasteiger charge is -2.31. The fourth-order valence-corrected chi connectivity index (χ4v) is 3.53. The van der Waals surface area contributed by atoms with Crippen LogP contribution < -0.4 is 4.90 Å². The SMILES string of the molecule is C=CC1CCCN(c2nccc(-c3cn(-c4ccc(Br)cc4F)nn3)n2)C1. The van der Waals surface area contributed by atoms with E-state index < -0.39 is 0 Å². The molecule has 0 bridgehead atoms. The molecular formula is C19H18BrFN6. The highest BCUT2D eigenvalue weighted by atomic mass is 79.9. The van der Waals surface area contributed by atoms with Crippen molar-refractivity contribution in [3.8, 4) is 17.1 Å². The third kappa shape index (κ3) is 3.75. The lowest BCUT2D eigenvalue weighted by atomic mass is 9.99. The van der Waals surface area contributed by atoms with Gasteiger partial charge in [-0.1, -0.05) is 27.2 Å². The Kier molecular flexibility index (Phi) is 4.98. The summed E-state index contributed by atoms with van der Waals surface area (Å²) in [6.45, 7) is 5.69. The van der Waals surface area contributed by atoms with Crippen molar-refractivity contribution >= 4 is 21.9 Å². The molecule has 3 aromatic rings. The highest BCUT2D eigenvalue weighted by Gasteiger charge is 2.20. The Labute approximate surface area is 164 Å². The second-order valence-corrected chi connectivity index (χ2v) is 7.39. The Bertz CT molecular complexity index is 972. The first-order valence-corrected chi connectivity index (χ1v) is 9.52. The Hall–Kier alpha value is -2.61. The van der Waals surface area contributed by atoms with E-state index in [1.807, 2.05) is 6.08 Å². The molecule has 1 atom stereocenters. The number of halogens is 2. The Morgan fingerprint density at radius 3 is 2.96 bits per heavy atom. The van der Waals surface area contributed by atoms with Crippen molar-refractivity contribution in [2.24, 2.45) is 5.92 Å². The van der Waals surface area contributed by atoms with E-state index in [0.29, 0.717) is 33.4 Å². The van der Waals surface area contributed by atoms with E-state index in [1.54, 1.807) is 30.6 Å². The van der Waals surface area contributed by atoms with E-state index in [9.17, 15) is 4.39 Å². The minimum absolute atomic E-state index is 0.330. The van der Waals surface area contributed by atoms with E-state index >= 15 is 0 Å². The molecule has 27 heavy (non-hydrogen) atoms. The average Bonchev–Trinajstić information content (AvgIpc) is 3.18. The number of hydrogen-bond acceptors (Lipinski definition) is 5. The zero-order valence-electron chi connectivity index (χ0n) is 14.6. The summed E-state index contributed by atoms with van der Waals surface area (Å²) in [5.41, 5.74) is 1.55. The summed E-state index contributed by atoms with van der Waals surface area (Å²) in [6, 6.07) is 6.58. The van der Waals surface area contributed by atoms with Crippen LogP contribution in [0.15, 0.2) is 53.8 Å². The molecule has 0 saturated carbocycles. The summed E-state index contributed by atoms with van der Waals surface area (Å²) in [5.74, 6) is 0.740. The second-order valence-electron chi connectivity index (χ2n) is 6.47. The van der Waals surface area contributed by atoms with E-state index in [0.717, 1.165) is 25.9 Å². The molecule has 0 spiro atoms. The molecule has 1 aromatic carbocycles. The van der Waals surface area contributed by atoms with E-state index in [-0.39, 0.29) is 5.82 Å². The molecular weight excluding hydrogens is 411 g/mol. The highest BCUT2D eigenvalue weighted by Crippen LogP contribution is 2.24. The number of hydrogen-bond donors (Lipinski definition) is 0. The first kappa shape index (κ1) is 17.8. The Morgan fingerprint density at radius 2 is 2.15 bits per heavy atom. The third-order valence-corrected chi connectivity index (χ3v) is 5.12. The summed E-state index contributed by atoms with van der Waals surface area (Å²) in [5, 5.41) is 8.20. The number of anilines is 1. The molecule has 8 heteroatoms. The van der Waals surface area contributed by atoms with Crippen LogP contribution in [0.1, 0.15) is 12.8 Å². The van der Waals surface area contributed by atoms with Gasteiger partial charge in [0, 0.05) is 23.8 Å². The second kappa shape index (κ2) is 7.56. The summed E-state index contributed by atoms with van der Waals surface area (Å²) < 4.78 is 16.2. The van der Waals surface area contributed by atoms with Crippen molar-refractivity contribution in [1.82, 2.24) is 25.0 Å². The van der Waals surface area contributed by atoms with Crippen molar-refractivity contribution in [1.29, 1.82) is 0 Å². The molecule has 1 fully saturated rings. The topological polar surface area (TPSA) is 59.7 Å². The lowest BCUT2D eigenvalue weighted by molar-refractivity contribution is 0.480. The molecule has 0 radical (unpaired) electrons. The van der Waals surface area contributed by atoms with Gasteiger partial charge in [-0.15, -0.1) is 11.7 Å². The molecule has 0 aliphatic carbocycles. The van der Waals surface area contributed by atoms with Gasteiger partial charge in [-0.25, -0.2) is 19.0 Å². The van der Waals surface area contributed by atoms with Crippen LogP contribution in [-0.4, -0.2) is 38.1 Å². The molecule has 6 nitrogen and oxygen atoms in total. The monoisotopic (exact) mass is 428 g/mol.